The van der Waals surface area contributed by atoms with E-state index in [0.29, 0.717) is 0 Å². The van der Waals surface area contributed by atoms with Crippen molar-refractivity contribution in [3.8, 4) is 0 Å². The fraction of sp³-hybridized carbons (Fsp3) is 0.636. The average Bonchev–Trinajstić information content (AvgIpc) is 2.36. The maximum absolute atomic E-state index is 12.6. The zero-order valence-corrected chi connectivity index (χ0v) is 11.3. The minimum Gasteiger partial charge on any atom is -0.399 e. The van der Waals surface area contributed by atoms with Crippen molar-refractivity contribution in [3.05, 3.63) is 22.0 Å². The van der Waals surface area contributed by atoms with Gasteiger partial charge in [-0.1, -0.05) is 0 Å². The molecule has 8 nitrogen and oxygen atoms in total. The van der Waals surface area contributed by atoms with Crippen LogP contribution in [0.25, 0.3) is 0 Å². The Morgan fingerprint density at radius 3 is 2.57 bits per heavy atom. The maximum atomic E-state index is 12.6. The van der Waals surface area contributed by atoms with Crippen molar-refractivity contribution in [2.45, 2.75) is 44.2 Å². The van der Waals surface area contributed by atoms with Gasteiger partial charge >= 0.3 is 5.70 Å². The highest BCUT2D eigenvalue weighted by Gasteiger charge is 2.23. The first-order valence-corrected chi connectivity index (χ1v) is 6.39. The van der Waals surface area contributed by atoms with Gasteiger partial charge in [0.15, 0.2) is 0 Å². The minimum absolute atomic E-state index is 0.0338. The van der Waals surface area contributed by atoms with E-state index in [1.54, 1.807) is 0 Å². The Labute approximate surface area is 120 Å². The number of aliphatic imine (C=N–C) groups is 2. The van der Waals surface area contributed by atoms with E-state index in [2.05, 4.69) is 15.4 Å². The SMILES string of the molecule is N/C=C(\C=NC(CC(F)F)C(=NC1CCC1)NN)[N+](=O)[O-]. The van der Waals surface area contributed by atoms with E-state index in [1.807, 2.05) is 0 Å². The number of hydrazine groups is 1. The van der Waals surface area contributed by atoms with E-state index < -0.39 is 29.5 Å². The summed E-state index contributed by atoms with van der Waals surface area (Å²) >= 11 is 0. The van der Waals surface area contributed by atoms with Gasteiger partial charge in [-0.05, 0) is 19.3 Å². The second kappa shape index (κ2) is 8.25. The number of nitrogens with zero attached hydrogens (tertiary/aromatic N) is 3. The van der Waals surface area contributed by atoms with Crippen LogP contribution in [0.2, 0.25) is 0 Å². The van der Waals surface area contributed by atoms with Crippen molar-refractivity contribution < 1.29 is 13.7 Å². The molecule has 1 rings (SSSR count). The highest BCUT2D eigenvalue weighted by Crippen LogP contribution is 2.22. The summed E-state index contributed by atoms with van der Waals surface area (Å²) < 4.78 is 25.2. The van der Waals surface area contributed by atoms with Gasteiger partial charge in [0.2, 0.25) is 6.43 Å². The lowest BCUT2D eigenvalue weighted by Gasteiger charge is -2.24. The zero-order chi connectivity index (χ0) is 15.8. The fourth-order valence-electron chi connectivity index (χ4n) is 1.66. The van der Waals surface area contributed by atoms with Gasteiger partial charge in [0.05, 0.1) is 17.2 Å². The van der Waals surface area contributed by atoms with Crippen LogP contribution < -0.4 is 17.0 Å². The normalized spacial score (nSPS) is 18.9. The first-order chi connectivity index (χ1) is 9.97. The summed E-state index contributed by atoms with van der Waals surface area (Å²) in [5.74, 6) is 5.40. The number of nitrogens with one attached hydrogen (secondary N) is 1. The lowest BCUT2D eigenvalue weighted by Crippen LogP contribution is -2.41. The molecule has 10 heteroatoms. The standard InChI is InChI=1S/C11H18F2N6O2/c12-10(13)4-9(16-6-8(5-14)19(20)21)11(18-15)17-7-2-1-3-7/h5-7,9-10H,1-4,14-15H2,(H,17,18)/b8-5+,16-6?. The van der Waals surface area contributed by atoms with E-state index in [0.717, 1.165) is 31.7 Å². The number of hydrogen-bond acceptors (Lipinski definition) is 6. The highest BCUT2D eigenvalue weighted by atomic mass is 19.3. The molecule has 0 aromatic heterocycles. The third kappa shape index (κ3) is 5.42. The smallest absolute Gasteiger partial charge is 0.302 e. The Kier molecular flexibility index (Phi) is 6.66. The molecule has 1 saturated carbocycles. The molecular weight excluding hydrogens is 286 g/mol. The largest absolute Gasteiger partial charge is 0.399 e. The molecule has 1 atom stereocenters. The molecular formula is C11H18F2N6O2. The number of hydrogen-bond donors (Lipinski definition) is 3. The Balaban J connectivity index is 2.89. The molecule has 21 heavy (non-hydrogen) atoms. The Bertz CT molecular complexity index is 448. The quantitative estimate of drug-likeness (QED) is 0.208. The molecule has 0 aromatic carbocycles. The van der Waals surface area contributed by atoms with Crippen LogP contribution in [0.3, 0.4) is 0 Å². The fourth-order valence-corrected chi connectivity index (χ4v) is 1.66. The van der Waals surface area contributed by atoms with Crippen molar-refractivity contribution >= 4 is 12.1 Å². The van der Waals surface area contributed by atoms with Crippen LogP contribution in [-0.4, -0.2) is 35.5 Å². The molecule has 0 spiro atoms. The van der Waals surface area contributed by atoms with Crippen LogP contribution >= 0.6 is 0 Å². The number of rotatable bonds is 7. The van der Waals surface area contributed by atoms with E-state index in [1.165, 1.54) is 0 Å². The summed E-state index contributed by atoms with van der Waals surface area (Å²) in [6.45, 7) is 0. The van der Waals surface area contributed by atoms with Gasteiger partial charge in [0.1, 0.15) is 18.1 Å². The summed E-state index contributed by atoms with van der Waals surface area (Å²) in [5, 5.41) is 10.6. The number of amidine groups is 1. The second-order valence-corrected chi connectivity index (χ2v) is 4.51. The van der Waals surface area contributed by atoms with Gasteiger partial charge < -0.3 is 11.2 Å². The number of alkyl halides is 2. The Hall–Kier alpha value is -2.10. The van der Waals surface area contributed by atoms with Crippen molar-refractivity contribution in [2.75, 3.05) is 0 Å². The lowest BCUT2D eigenvalue weighted by molar-refractivity contribution is -0.414. The lowest BCUT2D eigenvalue weighted by atomic mass is 9.94. The van der Waals surface area contributed by atoms with E-state index in [-0.39, 0.29) is 11.9 Å². The predicted octanol–water partition coefficient (Wildman–Crippen LogP) is 0.572. The summed E-state index contributed by atoms with van der Waals surface area (Å²) in [7, 11) is 0. The van der Waals surface area contributed by atoms with Crippen LogP contribution in [0.4, 0.5) is 8.78 Å². The topological polar surface area (TPSA) is 132 Å². The van der Waals surface area contributed by atoms with Gasteiger partial charge in [-0.15, -0.1) is 0 Å². The summed E-state index contributed by atoms with van der Waals surface area (Å²) in [5.41, 5.74) is 6.84. The molecule has 118 valence electrons. The molecule has 0 aromatic rings. The molecule has 1 fully saturated rings. The molecule has 0 radical (unpaired) electrons. The van der Waals surface area contributed by atoms with E-state index >= 15 is 0 Å². The first-order valence-electron chi connectivity index (χ1n) is 6.39. The van der Waals surface area contributed by atoms with E-state index in [4.69, 9.17) is 11.6 Å². The predicted molar refractivity (Wildman–Crippen MR) is 74.6 cm³/mol. The van der Waals surface area contributed by atoms with Gasteiger partial charge in [0, 0.05) is 6.42 Å². The van der Waals surface area contributed by atoms with Crippen LogP contribution in [0, 0.1) is 10.1 Å². The van der Waals surface area contributed by atoms with Gasteiger partial charge in [-0.25, -0.2) is 14.6 Å². The number of allylic oxidation sites excluding steroid dienone is 1. The maximum Gasteiger partial charge on any atom is 0.302 e. The first kappa shape index (κ1) is 17.0. The number of halogens is 2. The van der Waals surface area contributed by atoms with Crippen LogP contribution in [-0.2, 0) is 0 Å². The van der Waals surface area contributed by atoms with Gasteiger partial charge in [0.25, 0.3) is 0 Å². The highest BCUT2D eigenvalue weighted by molar-refractivity contribution is 5.89. The van der Waals surface area contributed by atoms with Crippen LogP contribution in [0.1, 0.15) is 25.7 Å². The number of nitrogens with two attached hydrogens (primary N) is 2. The molecule has 5 N–H and O–H groups in total. The third-order valence-electron chi connectivity index (χ3n) is 3.03. The molecule has 0 aliphatic heterocycles. The van der Waals surface area contributed by atoms with Crippen molar-refractivity contribution in [1.29, 1.82) is 0 Å². The molecule has 1 aliphatic rings. The second-order valence-electron chi connectivity index (χ2n) is 4.51. The van der Waals surface area contributed by atoms with E-state index in [9.17, 15) is 18.9 Å². The van der Waals surface area contributed by atoms with Gasteiger partial charge in [-0.3, -0.25) is 20.1 Å². The molecule has 0 amide bonds. The summed E-state index contributed by atoms with van der Waals surface area (Å²) in [6.07, 6.45) is 1.03. The summed E-state index contributed by atoms with van der Waals surface area (Å²) in [4.78, 5) is 17.8. The van der Waals surface area contributed by atoms with Crippen LogP contribution in [0.5, 0.6) is 0 Å². The molecule has 1 unspecified atom stereocenters. The van der Waals surface area contributed by atoms with Crippen molar-refractivity contribution in [3.63, 3.8) is 0 Å². The van der Waals surface area contributed by atoms with Crippen molar-refractivity contribution in [2.24, 2.45) is 21.6 Å². The molecule has 0 heterocycles. The molecule has 0 saturated heterocycles. The Morgan fingerprint density at radius 2 is 2.19 bits per heavy atom. The van der Waals surface area contributed by atoms with Crippen LogP contribution in [0.15, 0.2) is 21.9 Å². The third-order valence-corrected chi connectivity index (χ3v) is 3.03. The molecule has 1 aliphatic carbocycles. The monoisotopic (exact) mass is 304 g/mol. The Morgan fingerprint density at radius 1 is 1.52 bits per heavy atom. The minimum atomic E-state index is -2.65. The van der Waals surface area contributed by atoms with Crippen molar-refractivity contribution in [1.82, 2.24) is 5.43 Å². The number of nitro groups is 1. The zero-order valence-electron chi connectivity index (χ0n) is 11.3. The average molecular weight is 304 g/mol. The molecule has 0 bridgehead atoms. The summed E-state index contributed by atoms with van der Waals surface area (Å²) in [6, 6.07) is -1.04. The van der Waals surface area contributed by atoms with Gasteiger partial charge in [-0.2, -0.15) is 0 Å².